The number of ether oxygens (including phenoxy) is 3. The lowest BCUT2D eigenvalue weighted by atomic mass is 10.0. The van der Waals surface area contributed by atoms with Crippen molar-refractivity contribution in [2.45, 2.75) is 245 Å². The van der Waals surface area contributed by atoms with Gasteiger partial charge >= 0.3 is 11.9 Å². The highest BCUT2D eigenvalue weighted by Crippen LogP contribution is 2.15. The number of carbonyl (C=O) groups excluding carboxylic acids is 2. The third kappa shape index (κ3) is 49.7. The summed E-state index contributed by atoms with van der Waals surface area (Å²) in [6.07, 6.45) is 68.8. The molecule has 0 amide bonds. The predicted octanol–water partition coefficient (Wildman–Crippen LogP) is 17.7. The van der Waals surface area contributed by atoms with E-state index in [0.29, 0.717) is 19.4 Å². The van der Waals surface area contributed by atoms with Crippen LogP contribution in [0.1, 0.15) is 239 Å². The van der Waals surface area contributed by atoms with E-state index >= 15 is 0 Å². The number of rotatable bonds is 47. The van der Waals surface area contributed by atoms with E-state index in [1.807, 2.05) is 0 Å². The second kappa shape index (κ2) is 52.4. The molecule has 62 heavy (non-hydrogen) atoms. The van der Waals surface area contributed by atoms with Crippen LogP contribution in [0.2, 0.25) is 0 Å². The van der Waals surface area contributed by atoms with Crippen molar-refractivity contribution in [2.75, 3.05) is 19.8 Å². The van der Waals surface area contributed by atoms with Crippen LogP contribution in [0.5, 0.6) is 0 Å². The minimum Gasteiger partial charge on any atom is -0.462 e. The van der Waals surface area contributed by atoms with Crippen LogP contribution in [0.4, 0.5) is 0 Å². The Labute approximate surface area is 384 Å². The van der Waals surface area contributed by atoms with Crippen molar-refractivity contribution in [1.82, 2.24) is 0 Å². The van der Waals surface area contributed by atoms with Crippen molar-refractivity contribution in [1.29, 1.82) is 0 Å². The fourth-order valence-electron chi connectivity index (χ4n) is 7.10. The molecular weight excluding hydrogens is 765 g/mol. The van der Waals surface area contributed by atoms with E-state index in [-0.39, 0.29) is 25.2 Å². The summed E-state index contributed by atoms with van der Waals surface area (Å²) in [6.45, 7) is 7.54. The molecular formula is C57H98O5. The fourth-order valence-corrected chi connectivity index (χ4v) is 7.10. The Bertz CT molecular complexity index is 1160. The van der Waals surface area contributed by atoms with Crippen LogP contribution in [0.25, 0.3) is 0 Å². The largest absolute Gasteiger partial charge is 0.462 e. The van der Waals surface area contributed by atoms with Crippen LogP contribution >= 0.6 is 0 Å². The normalized spacial score (nSPS) is 12.9. The third-order valence-corrected chi connectivity index (χ3v) is 10.9. The van der Waals surface area contributed by atoms with E-state index in [1.165, 1.54) is 96.3 Å². The number of unbranched alkanes of at least 4 members (excludes halogenated alkanes) is 22. The smallest absolute Gasteiger partial charge is 0.306 e. The van der Waals surface area contributed by atoms with Gasteiger partial charge in [-0.1, -0.05) is 221 Å². The Balaban J connectivity index is 4.34. The highest BCUT2D eigenvalue weighted by Gasteiger charge is 2.17. The summed E-state index contributed by atoms with van der Waals surface area (Å²) in [4.78, 5) is 25.4. The molecule has 0 rings (SSSR count). The molecule has 1 atom stereocenters. The Morgan fingerprint density at radius 1 is 0.371 bits per heavy atom. The van der Waals surface area contributed by atoms with Gasteiger partial charge in [-0.3, -0.25) is 9.59 Å². The lowest BCUT2D eigenvalue weighted by molar-refractivity contribution is -0.163. The molecule has 0 heterocycles. The molecule has 5 nitrogen and oxygen atoms in total. The van der Waals surface area contributed by atoms with Gasteiger partial charge < -0.3 is 14.2 Å². The Kier molecular flexibility index (Phi) is 50.0. The van der Waals surface area contributed by atoms with Gasteiger partial charge in [0.25, 0.3) is 0 Å². The molecule has 0 bridgehead atoms. The topological polar surface area (TPSA) is 61.8 Å². The summed E-state index contributed by atoms with van der Waals surface area (Å²) >= 11 is 0. The highest BCUT2D eigenvalue weighted by atomic mass is 16.6. The number of carbonyl (C=O) groups is 2. The maximum Gasteiger partial charge on any atom is 0.306 e. The zero-order valence-electron chi connectivity index (χ0n) is 40.9. The van der Waals surface area contributed by atoms with Crippen LogP contribution in [0.15, 0.2) is 85.1 Å². The third-order valence-electron chi connectivity index (χ3n) is 10.9. The molecule has 5 heteroatoms. The molecule has 0 aromatic rings. The lowest BCUT2D eigenvalue weighted by Crippen LogP contribution is -2.30. The van der Waals surface area contributed by atoms with Gasteiger partial charge in [0.15, 0.2) is 6.10 Å². The van der Waals surface area contributed by atoms with Crippen molar-refractivity contribution in [3.63, 3.8) is 0 Å². The van der Waals surface area contributed by atoms with Crippen molar-refractivity contribution in [2.24, 2.45) is 0 Å². The molecule has 0 aromatic heterocycles. The quantitative estimate of drug-likeness (QED) is 0.0346. The molecule has 0 aliphatic rings. The highest BCUT2D eigenvalue weighted by molar-refractivity contribution is 5.70. The zero-order valence-corrected chi connectivity index (χ0v) is 40.9. The molecule has 0 N–H and O–H groups in total. The first-order valence-electron chi connectivity index (χ1n) is 26.1. The van der Waals surface area contributed by atoms with E-state index in [4.69, 9.17) is 14.2 Å². The Morgan fingerprint density at radius 2 is 0.726 bits per heavy atom. The molecule has 0 radical (unpaired) electrons. The van der Waals surface area contributed by atoms with Gasteiger partial charge in [-0.15, -0.1) is 0 Å². The number of esters is 2. The number of allylic oxidation sites excluding steroid dienone is 14. The zero-order chi connectivity index (χ0) is 44.9. The average Bonchev–Trinajstić information content (AvgIpc) is 3.27. The molecule has 0 aliphatic heterocycles. The van der Waals surface area contributed by atoms with E-state index < -0.39 is 6.10 Å². The molecule has 0 saturated carbocycles. The monoisotopic (exact) mass is 863 g/mol. The van der Waals surface area contributed by atoms with E-state index in [2.05, 4.69) is 106 Å². The summed E-state index contributed by atoms with van der Waals surface area (Å²) < 4.78 is 17.4. The molecule has 0 aliphatic carbocycles. The number of hydrogen-bond acceptors (Lipinski definition) is 5. The van der Waals surface area contributed by atoms with Crippen LogP contribution in [-0.4, -0.2) is 37.9 Å². The van der Waals surface area contributed by atoms with Crippen LogP contribution < -0.4 is 0 Å². The Morgan fingerprint density at radius 3 is 1.16 bits per heavy atom. The molecule has 0 saturated heterocycles. The van der Waals surface area contributed by atoms with Gasteiger partial charge in [0.05, 0.1) is 6.61 Å². The first-order valence-corrected chi connectivity index (χ1v) is 26.1. The fraction of sp³-hybridized carbons (Fsp3) is 0.719. The Hall–Kier alpha value is -2.92. The second-order valence-corrected chi connectivity index (χ2v) is 17.0. The van der Waals surface area contributed by atoms with Crippen molar-refractivity contribution >= 4 is 11.9 Å². The average molecular weight is 863 g/mol. The summed E-state index contributed by atoms with van der Waals surface area (Å²) in [5.41, 5.74) is 0. The minimum absolute atomic E-state index is 0.0617. The summed E-state index contributed by atoms with van der Waals surface area (Å²) in [5.74, 6) is -0.434. The predicted molar refractivity (Wildman–Crippen MR) is 270 cm³/mol. The van der Waals surface area contributed by atoms with Crippen molar-refractivity contribution in [3.8, 4) is 0 Å². The second-order valence-electron chi connectivity index (χ2n) is 17.0. The summed E-state index contributed by atoms with van der Waals surface area (Å²) in [5, 5.41) is 0. The van der Waals surface area contributed by atoms with Gasteiger partial charge in [-0.05, 0) is 89.9 Å². The van der Waals surface area contributed by atoms with E-state index in [0.717, 1.165) is 109 Å². The van der Waals surface area contributed by atoms with Gasteiger partial charge in [-0.25, -0.2) is 0 Å². The van der Waals surface area contributed by atoms with Crippen LogP contribution in [0.3, 0.4) is 0 Å². The SMILES string of the molecule is CC/C=C\C/C=C\C/C=C\C/C=C\CCCCCCC(=O)OCC(COCCCCCC/C=C\C/C=C\C/C=C\CC)OC(=O)CCCCCCCCCCCCCCCCC. The first kappa shape index (κ1) is 59.1. The molecule has 0 fully saturated rings. The molecule has 0 spiro atoms. The van der Waals surface area contributed by atoms with E-state index in [1.54, 1.807) is 0 Å². The summed E-state index contributed by atoms with van der Waals surface area (Å²) in [7, 11) is 0. The lowest BCUT2D eigenvalue weighted by Gasteiger charge is -2.18. The van der Waals surface area contributed by atoms with E-state index in [9.17, 15) is 9.59 Å². The first-order chi connectivity index (χ1) is 30.6. The standard InChI is InChI=1S/C57H98O5/c1-4-7-10-13-16-19-22-25-28-29-31-32-35-38-41-44-47-50-56(58)61-54-55(53-60-52-49-46-43-40-37-34-27-24-21-18-15-12-9-6-3)62-57(59)51-48-45-42-39-36-33-30-26-23-20-17-14-11-8-5-2/h7,9-10,12,16,18-19,21,25,27-28,31-32,34,55H,4-6,8,11,13-15,17,20,22-24,26,29-30,33,35-54H2,1-3H3/b10-7-,12-9-,19-16-,21-18-,28-25-,32-31-,34-27-. The van der Waals surface area contributed by atoms with Crippen molar-refractivity contribution < 1.29 is 23.8 Å². The molecule has 356 valence electrons. The minimum atomic E-state index is -0.560. The van der Waals surface area contributed by atoms with Gasteiger partial charge in [0, 0.05) is 19.4 Å². The van der Waals surface area contributed by atoms with Gasteiger partial charge in [0.2, 0.25) is 0 Å². The maximum atomic E-state index is 12.8. The maximum absolute atomic E-state index is 12.8. The van der Waals surface area contributed by atoms with Gasteiger partial charge in [0.1, 0.15) is 6.61 Å². The summed E-state index contributed by atoms with van der Waals surface area (Å²) in [6, 6.07) is 0. The number of hydrogen-bond donors (Lipinski definition) is 0. The molecule has 1 unspecified atom stereocenters. The van der Waals surface area contributed by atoms with Crippen LogP contribution in [-0.2, 0) is 23.8 Å². The van der Waals surface area contributed by atoms with Crippen molar-refractivity contribution in [3.05, 3.63) is 85.1 Å². The molecule has 0 aromatic carbocycles. The van der Waals surface area contributed by atoms with Crippen LogP contribution in [0, 0.1) is 0 Å². The van der Waals surface area contributed by atoms with Gasteiger partial charge in [-0.2, -0.15) is 0 Å².